The van der Waals surface area contributed by atoms with Gasteiger partial charge in [0.2, 0.25) is 0 Å². The molecule has 0 aliphatic carbocycles. The molecule has 6 nitrogen and oxygen atoms in total. The highest BCUT2D eigenvalue weighted by Gasteiger charge is 2.18. The van der Waals surface area contributed by atoms with E-state index < -0.39 is 5.97 Å². The maximum Gasteiger partial charge on any atom is 0.337 e. The molecule has 0 unspecified atom stereocenters. The lowest BCUT2D eigenvalue weighted by Crippen LogP contribution is -2.16. The summed E-state index contributed by atoms with van der Waals surface area (Å²) < 4.78 is 6.47. The molecule has 3 aromatic rings. The number of aromatic nitrogens is 2. The first-order valence-electron chi connectivity index (χ1n) is 7.81. The summed E-state index contributed by atoms with van der Waals surface area (Å²) in [5.41, 5.74) is 2.29. The lowest BCUT2D eigenvalue weighted by molar-refractivity contribution is 0.0600. The number of benzene rings is 2. The minimum Gasteiger partial charge on any atom is -0.465 e. The van der Waals surface area contributed by atoms with Crippen molar-refractivity contribution in [3.63, 3.8) is 0 Å². The Morgan fingerprint density at radius 1 is 1.08 bits per heavy atom. The van der Waals surface area contributed by atoms with Gasteiger partial charge in [-0.3, -0.25) is 9.36 Å². The number of hydrogen-bond donors (Lipinski definition) is 1. The van der Waals surface area contributed by atoms with Gasteiger partial charge in [0, 0.05) is 11.4 Å². The van der Waals surface area contributed by atoms with Crippen LogP contribution in [0.25, 0.3) is 5.69 Å². The first-order chi connectivity index (χ1) is 12.6. The number of imidazole rings is 1. The van der Waals surface area contributed by atoms with Crippen LogP contribution in [0.15, 0.2) is 66.0 Å². The van der Waals surface area contributed by atoms with E-state index in [1.54, 1.807) is 30.5 Å². The SMILES string of the molecule is COC(=O)c1ccc(NC(=O)c2cnc(SC)n2-c2ccccc2)cc1. The van der Waals surface area contributed by atoms with Crippen molar-refractivity contribution < 1.29 is 14.3 Å². The van der Waals surface area contributed by atoms with E-state index in [1.165, 1.54) is 18.9 Å². The molecule has 7 heteroatoms. The maximum atomic E-state index is 12.7. The Morgan fingerprint density at radius 2 is 1.77 bits per heavy atom. The van der Waals surface area contributed by atoms with Gasteiger partial charge in [-0.15, -0.1) is 0 Å². The van der Waals surface area contributed by atoms with Gasteiger partial charge < -0.3 is 10.1 Å². The summed E-state index contributed by atoms with van der Waals surface area (Å²) in [5.74, 6) is -0.706. The van der Waals surface area contributed by atoms with Crippen molar-refractivity contribution in [1.29, 1.82) is 0 Å². The van der Waals surface area contributed by atoms with Gasteiger partial charge in [-0.25, -0.2) is 9.78 Å². The molecule has 0 spiro atoms. The third-order valence-corrected chi connectivity index (χ3v) is 4.38. The molecule has 0 atom stereocenters. The minimum absolute atomic E-state index is 0.285. The highest BCUT2D eigenvalue weighted by Crippen LogP contribution is 2.22. The number of nitrogens with zero attached hydrogens (tertiary/aromatic N) is 2. The number of thioether (sulfide) groups is 1. The minimum atomic E-state index is -0.422. The number of anilines is 1. The summed E-state index contributed by atoms with van der Waals surface area (Å²) in [4.78, 5) is 28.5. The number of methoxy groups -OCH3 is 1. The normalized spacial score (nSPS) is 10.4. The van der Waals surface area contributed by atoms with Crippen molar-refractivity contribution in [2.75, 3.05) is 18.7 Å². The number of carbonyl (C=O) groups is 2. The van der Waals surface area contributed by atoms with Gasteiger partial charge in [0.25, 0.3) is 5.91 Å². The fourth-order valence-electron chi connectivity index (χ4n) is 2.47. The van der Waals surface area contributed by atoms with Crippen molar-refractivity contribution in [2.45, 2.75) is 5.16 Å². The molecule has 1 N–H and O–H groups in total. The van der Waals surface area contributed by atoms with Crippen LogP contribution in [0.1, 0.15) is 20.8 Å². The summed E-state index contributed by atoms with van der Waals surface area (Å²) in [6, 6.07) is 16.1. The van der Waals surface area contributed by atoms with Crippen molar-refractivity contribution in [2.24, 2.45) is 0 Å². The largest absolute Gasteiger partial charge is 0.465 e. The highest BCUT2D eigenvalue weighted by molar-refractivity contribution is 7.98. The van der Waals surface area contributed by atoms with E-state index in [4.69, 9.17) is 0 Å². The number of nitrogens with one attached hydrogen (secondary N) is 1. The second kappa shape index (κ2) is 7.88. The summed E-state index contributed by atoms with van der Waals surface area (Å²) in [6.45, 7) is 0. The van der Waals surface area contributed by atoms with Crippen LogP contribution < -0.4 is 5.32 Å². The average Bonchev–Trinajstić information content (AvgIpc) is 3.13. The Kier molecular flexibility index (Phi) is 5.38. The Bertz CT molecular complexity index is 921. The molecule has 0 fully saturated rings. The van der Waals surface area contributed by atoms with E-state index in [2.05, 4.69) is 15.0 Å². The van der Waals surface area contributed by atoms with E-state index in [0.717, 1.165) is 10.8 Å². The number of amides is 1. The Hall–Kier alpha value is -3.06. The molecular formula is C19H17N3O3S. The Morgan fingerprint density at radius 3 is 2.38 bits per heavy atom. The van der Waals surface area contributed by atoms with Crippen LogP contribution in [0.4, 0.5) is 5.69 Å². The number of rotatable bonds is 5. The van der Waals surface area contributed by atoms with E-state index in [9.17, 15) is 9.59 Å². The number of para-hydroxylation sites is 1. The van der Waals surface area contributed by atoms with Gasteiger partial charge in [-0.05, 0) is 42.7 Å². The molecule has 26 heavy (non-hydrogen) atoms. The molecule has 2 aromatic carbocycles. The third kappa shape index (κ3) is 3.62. The topological polar surface area (TPSA) is 73.2 Å². The van der Waals surface area contributed by atoms with Crippen molar-refractivity contribution >= 4 is 29.3 Å². The van der Waals surface area contributed by atoms with Gasteiger partial charge in [0.05, 0.1) is 18.9 Å². The van der Waals surface area contributed by atoms with Crippen molar-refractivity contribution in [3.05, 3.63) is 72.1 Å². The van der Waals surface area contributed by atoms with Gasteiger partial charge in [0.1, 0.15) is 5.69 Å². The summed E-state index contributed by atoms with van der Waals surface area (Å²) in [6.07, 6.45) is 3.46. The number of carbonyl (C=O) groups excluding carboxylic acids is 2. The van der Waals surface area contributed by atoms with Crippen LogP contribution in [0, 0.1) is 0 Å². The zero-order valence-corrected chi connectivity index (χ0v) is 15.1. The van der Waals surface area contributed by atoms with E-state index >= 15 is 0 Å². The molecule has 1 aromatic heterocycles. The molecule has 0 saturated carbocycles. The molecule has 0 bridgehead atoms. The molecule has 0 saturated heterocycles. The monoisotopic (exact) mass is 367 g/mol. The zero-order chi connectivity index (χ0) is 18.5. The fraction of sp³-hybridized carbons (Fsp3) is 0.105. The third-order valence-electron chi connectivity index (χ3n) is 3.72. The van der Waals surface area contributed by atoms with Crippen LogP contribution in [-0.2, 0) is 4.74 Å². The smallest absolute Gasteiger partial charge is 0.337 e. The predicted molar refractivity (Wildman–Crippen MR) is 101 cm³/mol. The van der Waals surface area contributed by atoms with Gasteiger partial charge >= 0.3 is 5.97 Å². The van der Waals surface area contributed by atoms with E-state index in [0.29, 0.717) is 16.9 Å². The quantitative estimate of drug-likeness (QED) is 0.551. The average molecular weight is 367 g/mol. The molecule has 1 heterocycles. The van der Waals surface area contributed by atoms with Crippen molar-refractivity contribution in [1.82, 2.24) is 9.55 Å². The van der Waals surface area contributed by atoms with Crippen LogP contribution >= 0.6 is 11.8 Å². The molecular weight excluding hydrogens is 350 g/mol. The number of ether oxygens (including phenoxy) is 1. The van der Waals surface area contributed by atoms with Crippen LogP contribution in [-0.4, -0.2) is 34.8 Å². The summed E-state index contributed by atoms with van der Waals surface area (Å²) in [7, 11) is 1.33. The van der Waals surface area contributed by atoms with Gasteiger partial charge in [-0.2, -0.15) is 0 Å². The summed E-state index contributed by atoms with van der Waals surface area (Å²) in [5, 5.41) is 3.55. The fourth-order valence-corrected chi connectivity index (χ4v) is 3.01. The second-order valence-electron chi connectivity index (χ2n) is 5.32. The first kappa shape index (κ1) is 17.8. The Balaban J connectivity index is 1.87. The molecule has 132 valence electrons. The van der Waals surface area contributed by atoms with E-state index in [1.807, 2.05) is 41.2 Å². The number of esters is 1. The van der Waals surface area contributed by atoms with Gasteiger partial charge in [0.15, 0.2) is 5.16 Å². The second-order valence-corrected chi connectivity index (χ2v) is 6.10. The zero-order valence-electron chi connectivity index (χ0n) is 14.3. The van der Waals surface area contributed by atoms with E-state index in [-0.39, 0.29) is 5.91 Å². The first-order valence-corrected chi connectivity index (χ1v) is 9.03. The molecule has 0 aliphatic rings. The highest BCUT2D eigenvalue weighted by atomic mass is 32.2. The van der Waals surface area contributed by atoms with Crippen molar-refractivity contribution in [3.8, 4) is 5.69 Å². The molecule has 0 aliphatic heterocycles. The van der Waals surface area contributed by atoms with Crippen LogP contribution in [0.2, 0.25) is 0 Å². The lowest BCUT2D eigenvalue weighted by Gasteiger charge is -2.11. The predicted octanol–water partition coefficient (Wildman–Crippen LogP) is 3.63. The van der Waals surface area contributed by atoms with Crippen LogP contribution in [0.5, 0.6) is 0 Å². The lowest BCUT2D eigenvalue weighted by atomic mass is 10.2. The number of hydrogen-bond acceptors (Lipinski definition) is 5. The standard InChI is InChI=1S/C19H17N3O3S/c1-25-18(24)13-8-10-14(11-9-13)21-17(23)16-12-20-19(26-2)22(16)15-6-4-3-5-7-15/h3-12H,1-2H3,(H,21,23). The molecule has 1 amide bonds. The maximum absolute atomic E-state index is 12.7. The van der Waals surface area contributed by atoms with Gasteiger partial charge in [-0.1, -0.05) is 30.0 Å². The summed E-state index contributed by atoms with van der Waals surface area (Å²) >= 11 is 1.46. The van der Waals surface area contributed by atoms with Crippen LogP contribution in [0.3, 0.4) is 0 Å². The molecule has 0 radical (unpaired) electrons. The Labute approximate surface area is 155 Å². The molecule has 3 rings (SSSR count).